The lowest BCUT2D eigenvalue weighted by Crippen LogP contribution is -2.31. The molecule has 1 rings (SSSR count). The lowest BCUT2D eigenvalue weighted by atomic mass is 10.2. The van der Waals surface area contributed by atoms with E-state index >= 15 is 0 Å². The fourth-order valence-electron chi connectivity index (χ4n) is 1.87. The monoisotopic (exact) mass is 350 g/mol. The standard InChI is InChI=1S/C14H20Cl2N2O2S/c1-4-7-18(6-3)21(19,20)13-9-12(15)8-11(14(13)16)10-17-5-2/h4,8-9,17H,1,5-7,10H2,2-3H3. The second-order valence-corrected chi connectivity index (χ2v) is 7.12. The molecule has 0 aliphatic rings. The van der Waals surface area contributed by atoms with Crippen molar-refractivity contribution in [3.63, 3.8) is 0 Å². The van der Waals surface area contributed by atoms with Gasteiger partial charge in [0.05, 0.1) is 5.02 Å². The summed E-state index contributed by atoms with van der Waals surface area (Å²) in [4.78, 5) is 0.0354. The molecule has 0 unspecified atom stereocenters. The third kappa shape index (κ3) is 4.44. The first-order valence-electron chi connectivity index (χ1n) is 6.68. The highest BCUT2D eigenvalue weighted by Gasteiger charge is 2.26. The smallest absolute Gasteiger partial charge is 0.244 e. The molecule has 1 aromatic rings. The summed E-state index contributed by atoms with van der Waals surface area (Å²) >= 11 is 12.3. The third-order valence-electron chi connectivity index (χ3n) is 2.95. The summed E-state index contributed by atoms with van der Waals surface area (Å²) in [6.45, 7) is 9.08. The largest absolute Gasteiger partial charge is 0.313 e. The Hall–Kier alpha value is -0.590. The highest BCUT2D eigenvalue weighted by Crippen LogP contribution is 2.31. The van der Waals surface area contributed by atoms with Gasteiger partial charge in [-0.2, -0.15) is 4.31 Å². The van der Waals surface area contributed by atoms with Gasteiger partial charge in [-0.15, -0.1) is 6.58 Å². The summed E-state index contributed by atoms with van der Waals surface area (Å²) in [5.74, 6) is 0. The first-order chi connectivity index (χ1) is 9.88. The Kier molecular flexibility index (Phi) is 7.16. The number of nitrogens with zero attached hydrogens (tertiary/aromatic N) is 1. The Balaban J connectivity index is 3.34. The molecule has 21 heavy (non-hydrogen) atoms. The minimum absolute atomic E-state index is 0.0354. The summed E-state index contributed by atoms with van der Waals surface area (Å²) in [6, 6.07) is 3.07. The quantitative estimate of drug-likeness (QED) is 0.731. The van der Waals surface area contributed by atoms with Crippen molar-refractivity contribution in [3.8, 4) is 0 Å². The van der Waals surface area contributed by atoms with Gasteiger partial charge in [0.25, 0.3) is 0 Å². The van der Waals surface area contributed by atoms with Crippen molar-refractivity contribution in [2.45, 2.75) is 25.3 Å². The van der Waals surface area contributed by atoms with Crippen molar-refractivity contribution in [1.29, 1.82) is 0 Å². The third-order valence-corrected chi connectivity index (χ3v) is 5.69. The lowest BCUT2D eigenvalue weighted by Gasteiger charge is -2.20. The van der Waals surface area contributed by atoms with Crippen LogP contribution in [0.2, 0.25) is 10.0 Å². The molecule has 0 bridgehead atoms. The molecule has 0 atom stereocenters. The first-order valence-corrected chi connectivity index (χ1v) is 8.87. The molecule has 7 heteroatoms. The van der Waals surface area contributed by atoms with Gasteiger partial charge in [0.15, 0.2) is 0 Å². The average Bonchev–Trinajstić information content (AvgIpc) is 2.44. The highest BCUT2D eigenvalue weighted by atomic mass is 35.5. The van der Waals surface area contributed by atoms with E-state index in [9.17, 15) is 8.42 Å². The maximum atomic E-state index is 12.7. The van der Waals surface area contributed by atoms with Crippen LogP contribution in [-0.4, -0.2) is 32.4 Å². The molecular weight excluding hydrogens is 331 g/mol. The van der Waals surface area contributed by atoms with E-state index in [0.717, 1.165) is 6.54 Å². The van der Waals surface area contributed by atoms with Crippen molar-refractivity contribution in [3.05, 3.63) is 40.4 Å². The van der Waals surface area contributed by atoms with Crippen LogP contribution in [0.5, 0.6) is 0 Å². The molecule has 0 aliphatic carbocycles. The highest BCUT2D eigenvalue weighted by molar-refractivity contribution is 7.89. The van der Waals surface area contributed by atoms with Crippen LogP contribution in [0, 0.1) is 0 Å². The number of benzene rings is 1. The maximum absolute atomic E-state index is 12.7. The molecule has 118 valence electrons. The van der Waals surface area contributed by atoms with Gasteiger partial charge in [-0.05, 0) is 24.2 Å². The molecular formula is C14H20Cl2N2O2S. The van der Waals surface area contributed by atoms with Gasteiger partial charge in [0, 0.05) is 24.7 Å². The summed E-state index contributed by atoms with van der Waals surface area (Å²) in [6.07, 6.45) is 1.54. The zero-order valence-electron chi connectivity index (χ0n) is 12.2. The minimum Gasteiger partial charge on any atom is -0.313 e. The van der Waals surface area contributed by atoms with Gasteiger partial charge in [-0.1, -0.05) is 43.1 Å². The van der Waals surface area contributed by atoms with Crippen molar-refractivity contribution >= 4 is 33.2 Å². The molecule has 0 heterocycles. The van der Waals surface area contributed by atoms with Crippen molar-refractivity contribution in [2.75, 3.05) is 19.6 Å². The Bertz CT molecular complexity index is 603. The first kappa shape index (κ1) is 18.5. The normalized spacial score (nSPS) is 11.9. The Morgan fingerprint density at radius 1 is 1.33 bits per heavy atom. The lowest BCUT2D eigenvalue weighted by molar-refractivity contribution is 0.460. The summed E-state index contributed by atoms with van der Waals surface area (Å²) in [5.41, 5.74) is 0.666. The molecule has 0 aromatic heterocycles. The fraction of sp³-hybridized carbons (Fsp3) is 0.429. The Labute approximate surface area is 136 Å². The van der Waals surface area contributed by atoms with Gasteiger partial charge in [-0.3, -0.25) is 0 Å². The molecule has 0 amide bonds. The van der Waals surface area contributed by atoms with Crippen LogP contribution in [-0.2, 0) is 16.6 Å². The predicted octanol–water partition coefficient (Wildman–Crippen LogP) is 3.30. The maximum Gasteiger partial charge on any atom is 0.244 e. The van der Waals surface area contributed by atoms with Crippen LogP contribution in [0.25, 0.3) is 0 Å². The summed E-state index contributed by atoms with van der Waals surface area (Å²) in [7, 11) is -3.70. The number of likely N-dealkylation sites (N-methyl/N-ethyl adjacent to an activating group) is 1. The van der Waals surface area contributed by atoms with E-state index in [2.05, 4.69) is 11.9 Å². The molecule has 1 N–H and O–H groups in total. The number of halogens is 2. The van der Waals surface area contributed by atoms with Crippen molar-refractivity contribution in [2.24, 2.45) is 0 Å². The van der Waals surface area contributed by atoms with E-state index in [1.807, 2.05) is 6.92 Å². The van der Waals surface area contributed by atoms with E-state index in [1.54, 1.807) is 19.1 Å². The topological polar surface area (TPSA) is 49.4 Å². The van der Waals surface area contributed by atoms with Crippen molar-refractivity contribution < 1.29 is 8.42 Å². The minimum atomic E-state index is -3.70. The Morgan fingerprint density at radius 2 is 2.00 bits per heavy atom. The number of hydrogen-bond acceptors (Lipinski definition) is 3. The second-order valence-electron chi connectivity index (χ2n) is 4.40. The molecule has 0 spiro atoms. The van der Waals surface area contributed by atoms with E-state index < -0.39 is 10.0 Å². The molecule has 0 saturated heterocycles. The zero-order valence-corrected chi connectivity index (χ0v) is 14.5. The van der Waals surface area contributed by atoms with Crippen LogP contribution in [0.1, 0.15) is 19.4 Å². The van der Waals surface area contributed by atoms with Gasteiger partial charge < -0.3 is 5.32 Å². The van der Waals surface area contributed by atoms with Crippen LogP contribution < -0.4 is 5.32 Å². The van der Waals surface area contributed by atoms with Crippen LogP contribution >= 0.6 is 23.2 Å². The number of sulfonamides is 1. The number of hydrogen-bond donors (Lipinski definition) is 1. The predicted molar refractivity (Wildman–Crippen MR) is 88.5 cm³/mol. The van der Waals surface area contributed by atoms with Gasteiger partial charge in [0.2, 0.25) is 10.0 Å². The van der Waals surface area contributed by atoms with E-state index in [1.165, 1.54) is 10.4 Å². The van der Waals surface area contributed by atoms with Crippen LogP contribution in [0.15, 0.2) is 29.7 Å². The molecule has 0 fully saturated rings. The number of rotatable bonds is 8. The van der Waals surface area contributed by atoms with Gasteiger partial charge >= 0.3 is 0 Å². The van der Waals surface area contributed by atoms with Gasteiger partial charge in [-0.25, -0.2) is 8.42 Å². The summed E-state index contributed by atoms with van der Waals surface area (Å²) in [5, 5.41) is 3.67. The Morgan fingerprint density at radius 3 is 2.52 bits per heavy atom. The average molecular weight is 351 g/mol. The molecule has 0 radical (unpaired) electrons. The van der Waals surface area contributed by atoms with Gasteiger partial charge in [0.1, 0.15) is 4.90 Å². The van der Waals surface area contributed by atoms with E-state index in [0.29, 0.717) is 23.7 Å². The molecule has 1 aromatic carbocycles. The second kappa shape index (κ2) is 8.15. The molecule has 4 nitrogen and oxygen atoms in total. The molecule has 0 saturated carbocycles. The van der Waals surface area contributed by atoms with Crippen molar-refractivity contribution in [1.82, 2.24) is 9.62 Å². The molecule has 0 aliphatic heterocycles. The van der Waals surface area contributed by atoms with Crippen LogP contribution in [0.4, 0.5) is 0 Å². The number of nitrogens with one attached hydrogen (secondary N) is 1. The zero-order chi connectivity index (χ0) is 16.0. The van der Waals surface area contributed by atoms with E-state index in [-0.39, 0.29) is 16.5 Å². The SMILES string of the molecule is C=CCN(CC)S(=O)(=O)c1cc(Cl)cc(CNCC)c1Cl. The fourth-order valence-corrected chi connectivity index (χ4v) is 4.20. The summed E-state index contributed by atoms with van der Waals surface area (Å²) < 4.78 is 26.6. The van der Waals surface area contributed by atoms with E-state index in [4.69, 9.17) is 23.2 Å². The van der Waals surface area contributed by atoms with Crippen LogP contribution in [0.3, 0.4) is 0 Å².